The van der Waals surface area contributed by atoms with Crippen molar-refractivity contribution in [2.75, 3.05) is 19.6 Å². The van der Waals surface area contributed by atoms with Crippen LogP contribution in [-0.4, -0.2) is 30.7 Å². The highest BCUT2D eigenvalue weighted by Gasteiger charge is 2.67. The van der Waals surface area contributed by atoms with Crippen molar-refractivity contribution in [3.8, 4) is 0 Å². The number of carbonyl (C=O) groups excluding carboxylic acids is 1. The molecule has 3 atom stereocenters. The first-order valence-electron chi connectivity index (χ1n) is 8.97. The van der Waals surface area contributed by atoms with E-state index in [1.807, 2.05) is 42.6 Å². The van der Waals surface area contributed by atoms with Gasteiger partial charge in [-0.3, -0.25) is 4.98 Å². The summed E-state index contributed by atoms with van der Waals surface area (Å²) in [7, 11) is 0. The number of nitrogens with zero attached hydrogens (tertiary/aromatic N) is 1. The average molecular weight is 374 g/mol. The van der Waals surface area contributed by atoms with Crippen molar-refractivity contribution in [3.05, 3.63) is 66.0 Å². The van der Waals surface area contributed by atoms with E-state index in [0.29, 0.717) is 25.0 Å². The molecule has 1 aromatic carbocycles. The van der Waals surface area contributed by atoms with E-state index >= 15 is 0 Å². The maximum absolute atomic E-state index is 12.2. The molecule has 1 saturated heterocycles. The summed E-state index contributed by atoms with van der Waals surface area (Å²) in [5.74, 6) is 1.25. The third-order valence-electron chi connectivity index (χ3n) is 5.74. The Kier molecular flexibility index (Phi) is 5.79. The molecule has 0 spiro atoms. The molecule has 3 unspecified atom stereocenters. The van der Waals surface area contributed by atoms with E-state index in [0.717, 1.165) is 12.1 Å². The van der Waals surface area contributed by atoms with Crippen molar-refractivity contribution in [1.82, 2.24) is 10.3 Å². The van der Waals surface area contributed by atoms with Gasteiger partial charge in [-0.2, -0.15) is 0 Å². The van der Waals surface area contributed by atoms with Gasteiger partial charge in [0.05, 0.1) is 13.1 Å². The summed E-state index contributed by atoms with van der Waals surface area (Å²) in [5.41, 5.74) is 2.26. The van der Waals surface area contributed by atoms with Crippen LogP contribution < -0.4 is 23.0 Å². The Bertz CT molecular complexity index is 714. The molecule has 6 heteroatoms. The summed E-state index contributed by atoms with van der Waals surface area (Å²) in [4.78, 5) is 16.5. The molecule has 4 rings (SSSR count). The van der Waals surface area contributed by atoms with Crippen molar-refractivity contribution in [1.29, 1.82) is 0 Å². The molecular weight excluding hydrogens is 350 g/mol. The van der Waals surface area contributed by atoms with E-state index in [2.05, 4.69) is 21.7 Å². The molecule has 5 nitrogen and oxygen atoms in total. The van der Waals surface area contributed by atoms with E-state index in [1.54, 1.807) is 6.20 Å². The topological polar surface area (TPSA) is 67.8 Å². The fraction of sp³-hybridized carbons (Fsp3) is 0.400. The van der Waals surface area contributed by atoms with Crippen LogP contribution in [0, 0.1) is 11.8 Å². The molecule has 138 valence electrons. The third kappa shape index (κ3) is 3.55. The number of amides is 1. The van der Waals surface area contributed by atoms with Gasteiger partial charge in [-0.1, -0.05) is 36.4 Å². The second-order valence-corrected chi connectivity index (χ2v) is 7.01. The van der Waals surface area contributed by atoms with Crippen LogP contribution in [0.2, 0.25) is 0 Å². The zero-order valence-corrected chi connectivity index (χ0v) is 15.4. The number of piperidine rings is 1. The van der Waals surface area contributed by atoms with Crippen molar-refractivity contribution in [2.45, 2.75) is 18.4 Å². The van der Waals surface area contributed by atoms with E-state index < -0.39 is 0 Å². The zero-order valence-electron chi connectivity index (χ0n) is 14.6. The maximum Gasteiger partial charge on any atom is 0.407 e. The van der Waals surface area contributed by atoms with Gasteiger partial charge in [0, 0.05) is 36.7 Å². The molecule has 0 bridgehead atoms. The van der Waals surface area contributed by atoms with Crippen LogP contribution in [0.5, 0.6) is 0 Å². The number of nitrogens with two attached hydrogens (primary N) is 1. The predicted molar refractivity (Wildman–Crippen MR) is 93.8 cm³/mol. The monoisotopic (exact) mass is 373 g/mol. The van der Waals surface area contributed by atoms with Crippen LogP contribution in [-0.2, 0) is 16.8 Å². The lowest BCUT2D eigenvalue weighted by atomic mass is 9.92. The van der Waals surface area contributed by atoms with Crippen LogP contribution >= 0.6 is 0 Å². The smallest absolute Gasteiger partial charge is 0.407 e. The zero-order chi connectivity index (χ0) is 17.1. The van der Waals surface area contributed by atoms with Crippen LogP contribution in [0.15, 0.2) is 54.9 Å². The Morgan fingerprint density at radius 2 is 2.08 bits per heavy atom. The van der Waals surface area contributed by atoms with Crippen LogP contribution in [0.1, 0.15) is 17.5 Å². The second-order valence-electron chi connectivity index (χ2n) is 7.01. The molecule has 0 radical (unpaired) electrons. The van der Waals surface area contributed by atoms with E-state index in [9.17, 15) is 4.79 Å². The molecule has 2 heterocycles. The van der Waals surface area contributed by atoms with Gasteiger partial charge in [0.25, 0.3) is 0 Å². The van der Waals surface area contributed by atoms with Gasteiger partial charge in [0.1, 0.15) is 6.61 Å². The van der Waals surface area contributed by atoms with Crippen molar-refractivity contribution >= 4 is 6.09 Å². The van der Waals surface area contributed by atoms with Crippen LogP contribution in [0.3, 0.4) is 0 Å². The van der Waals surface area contributed by atoms with Crippen LogP contribution in [0.4, 0.5) is 4.79 Å². The summed E-state index contributed by atoms with van der Waals surface area (Å²) in [6.07, 6.45) is 4.60. The first kappa shape index (κ1) is 18.7. The standard InChI is InChI=1S/C20H23N3O2.ClH/c24-19(25-13-15-5-2-1-3-6-15)23-14-20(16-7-4-9-21-11-16)17-8-10-22-12-18(17)20;/h1-7,9,11,17-18,22H,8,10,12-14H2,(H,23,24);1H. The van der Waals surface area contributed by atoms with Crippen molar-refractivity contribution in [2.24, 2.45) is 11.8 Å². The summed E-state index contributed by atoms with van der Waals surface area (Å²) >= 11 is 0. The molecule has 2 fully saturated rings. The van der Waals surface area contributed by atoms with Gasteiger partial charge >= 0.3 is 6.09 Å². The fourth-order valence-corrected chi connectivity index (χ4v) is 4.46. The normalized spacial score (nSPS) is 26.2. The number of halogens is 1. The molecule has 3 N–H and O–H groups in total. The first-order chi connectivity index (χ1) is 12.3. The number of hydrogen-bond acceptors (Lipinski definition) is 3. The molecule has 1 aliphatic carbocycles. The Balaban J connectivity index is 0.00000196. The van der Waals surface area contributed by atoms with Gasteiger partial charge in [0.15, 0.2) is 0 Å². The number of hydrogen-bond donors (Lipinski definition) is 2. The Morgan fingerprint density at radius 3 is 2.77 bits per heavy atom. The Morgan fingerprint density at radius 1 is 1.23 bits per heavy atom. The van der Waals surface area contributed by atoms with E-state index in [1.165, 1.54) is 18.5 Å². The highest BCUT2D eigenvalue weighted by molar-refractivity contribution is 5.67. The number of pyridine rings is 1. The maximum atomic E-state index is 12.2. The minimum absolute atomic E-state index is 0. The largest absolute Gasteiger partial charge is 1.00 e. The van der Waals surface area contributed by atoms with Gasteiger partial charge in [0.2, 0.25) is 0 Å². The van der Waals surface area contributed by atoms with Gasteiger partial charge < -0.3 is 27.8 Å². The molecule has 1 aromatic heterocycles. The highest BCUT2D eigenvalue weighted by atomic mass is 35.5. The summed E-state index contributed by atoms with van der Waals surface area (Å²) in [6.45, 7) is 3.21. The summed E-state index contributed by atoms with van der Waals surface area (Å²) < 4.78 is 5.37. The molecule has 2 aliphatic rings. The second kappa shape index (κ2) is 8.06. The third-order valence-corrected chi connectivity index (χ3v) is 5.74. The average Bonchev–Trinajstić information content (AvgIpc) is 3.35. The lowest BCUT2D eigenvalue weighted by Crippen LogP contribution is -3.00. The molecular formula is C20H24ClN3O2. The fourth-order valence-electron chi connectivity index (χ4n) is 4.46. The van der Waals surface area contributed by atoms with E-state index in [-0.39, 0.29) is 23.9 Å². The number of benzene rings is 1. The molecule has 1 amide bonds. The number of carbonyl (C=O) groups is 1. The van der Waals surface area contributed by atoms with Crippen LogP contribution in [0.25, 0.3) is 0 Å². The molecule has 26 heavy (non-hydrogen) atoms. The number of aromatic nitrogens is 1. The number of nitrogens with one attached hydrogen (secondary N) is 1. The van der Waals surface area contributed by atoms with Crippen molar-refractivity contribution < 1.29 is 27.3 Å². The SMILES string of the molecule is O=C(NCC1(c2cccnc2)C2CC[NH2+]CC21)OCc1ccccc1.[Cl-]. The minimum atomic E-state index is -0.347. The highest BCUT2D eigenvalue weighted by Crippen LogP contribution is 2.61. The van der Waals surface area contributed by atoms with Gasteiger partial charge in [-0.15, -0.1) is 0 Å². The molecule has 1 aliphatic heterocycles. The van der Waals surface area contributed by atoms with Gasteiger partial charge in [-0.05, 0) is 23.1 Å². The first-order valence-corrected chi connectivity index (χ1v) is 8.97. The lowest BCUT2D eigenvalue weighted by molar-refractivity contribution is -0.664. The minimum Gasteiger partial charge on any atom is -1.00 e. The predicted octanol–water partition coefficient (Wildman–Crippen LogP) is -1.54. The number of ether oxygens (including phenoxy) is 1. The Hall–Kier alpha value is -2.11. The Labute approximate surface area is 160 Å². The number of quaternary nitrogens is 1. The number of rotatable bonds is 5. The van der Waals surface area contributed by atoms with Gasteiger partial charge in [-0.25, -0.2) is 4.79 Å². The number of alkyl carbamates (subject to hydrolysis) is 1. The number of fused-ring (bicyclic) bond motifs is 1. The summed E-state index contributed by atoms with van der Waals surface area (Å²) in [5, 5.41) is 5.39. The van der Waals surface area contributed by atoms with E-state index in [4.69, 9.17) is 4.74 Å². The molecule has 2 aromatic rings. The molecule has 1 saturated carbocycles. The lowest BCUT2D eigenvalue weighted by Gasteiger charge is -2.18. The van der Waals surface area contributed by atoms with Crippen molar-refractivity contribution in [3.63, 3.8) is 0 Å². The quantitative estimate of drug-likeness (QED) is 0.667. The summed E-state index contributed by atoms with van der Waals surface area (Å²) in [6, 6.07) is 13.9.